The number of nitrogens with one attached hydrogen (secondary N) is 1. The number of hydrogen-bond acceptors (Lipinski definition) is 5. The van der Waals surface area contributed by atoms with Crippen LogP contribution in [0.25, 0.3) is 0 Å². The van der Waals surface area contributed by atoms with E-state index >= 15 is 0 Å². The van der Waals surface area contributed by atoms with E-state index in [4.69, 9.17) is 10.3 Å². The molecule has 0 radical (unpaired) electrons. The number of hydrogen-bond donors (Lipinski definition) is 2. The molecule has 122 valence electrons. The van der Waals surface area contributed by atoms with Crippen molar-refractivity contribution in [2.24, 2.45) is 5.73 Å². The second-order valence-corrected chi connectivity index (χ2v) is 6.02. The van der Waals surface area contributed by atoms with Gasteiger partial charge in [-0.25, -0.2) is 0 Å². The highest BCUT2D eigenvalue weighted by atomic mass is 35.5. The first-order valence-electron chi connectivity index (χ1n) is 6.98. The van der Waals surface area contributed by atoms with Crippen molar-refractivity contribution in [3.8, 4) is 0 Å². The highest BCUT2D eigenvalue weighted by Gasteiger charge is 2.26. The number of rotatable bonds is 8. The lowest BCUT2D eigenvalue weighted by Gasteiger charge is -2.31. The third-order valence-corrected chi connectivity index (χ3v) is 4.77. The fourth-order valence-electron chi connectivity index (χ4n) is 2.05. The summed E-state index contributed by atoms with van der Waals surface area (Å²) in [5.41, 5.74) is 7.50. The molecule has 0 aliphatic heterocycles. The molecule has 1 amide bonds. The molecule has 1 heterocycles. The van der Waals surface area contributed by atoms with Crippen LogP contribution in [0, 0.1) is 13.8 Å². The number of nitrogens with zero attached hydrogens (tertiary/aromatic N) is 1. The zero-order valence-electron chi connectivity index (χ0n) is 13.2. The topological polar surface area (TPSA) is 81.1 Å². The number of carbonyl (C=O) groups is 1. The fourth-order valence-corrected chi connectivity index (χ4v) is 3.03. The molecule has 0 fully saturated rings. The van der Waals surface area contributed by atoms with Crippen molar-refractivity contribution in [2.45, 2.75) is 51.8 Å². The normalized spacial score (nSPS) is 11.1. The van der Waals surface area contributed by atoms with Crippen LogP contribution >= 0.6 is 24.2 Å². The quantitative estimate of drug-likeness (QED) is 0.763. The Labute approximate surface area is 137 Å². The fraction of sp³-hybridized carbons (Fsp3) is 0.714. The Balaban J connectivity index is 0.00000400. The van der Waals surface area contributed by atoms with E-state index in [2.05, 4.69) is 10.5 Å². The molecule has 5 nitrogen and oxygen atoms in total. The van der Waals surface area contributed by atoms with Gasteiger partial charge in [0.2, 0.25) is 5.91 Å². The average Bonchev–Trinajstić information content (AvgIpc) is 2.76. The van der Waals surface area contributed by atoms with Crippen LogP contribution < -0.4 is 11.1 Å². The molecule has 1 rings (SSSR count). The van der Waals surface area contributed by atoms with Gasteiger partial charge in [-0.05, 0) is 26.7 Å². The maximum atomic E-state index is 12.0. The van der Waals surface area contributed by atoms with Gasteiger partial charge in [-0.3, -0.25) is 4.79 Å². The molecule has 1 aromatic heterocycles. The summed E-state index contributed by atoms with van der Waals surface area (Å²) in [6.07, 6.45) is 1.69. The highest BCUT2D eigenvalue weighted by molar-refractivity contribution is 7.99. The van der Waals surface area contributed by atoms with E-state index < -0.39 is 0 Å². The van der Waals surface area contributed by atoms with Crippen molar-refractivity contribution in [3.63, 3.8) is 0 Å². The average molecular weight is 336 g/mol. The van der Waals surface area contributed by atoms with Crippen LogP contribution in [0.1, 0.15) is 43.7 Å². The summed E-state index contributed by atoms with van der Waals surface area (Å²) < 4.78 is 5.11. The van der Waals surface area contributed by atoms with Crippen molar-refractivity contribution < 1.29 is 9.32 Å². The minimum atomic E-state index is -0.263. The number of aryl methyl sites for hydroxylation is 2. The number of thioether (sulfide) groups is 1. The van der Waals surface area contributed by atoms with Crippen LogP contribution in [0.4, 0.5) is 0 Å². The molecule has 21 heavy (non-hydrogen) atoms. The number of nitrogens with two attached hydrogens (primary N) is 1. The van der Waals surface area contributed by atoms with E-state index in [1.807, 2.05) is 27.7 Å². The molecule has 3 N–H and O–H groups in total. The summed E-state index contributed by atoms with van der Waals surface area (Å²) in [5, 5.41) is 6.97. The minimum Gasteiger partial charge on any atom is -0.361 e. The standard InChI is InChI=1S/C14H25N3O2S.ClH/c1-5-14(6-2,9-15)16-13(18)8-20-7-12-10(3)17-19-11(12)4;/h5-9,15H2,1-4H3,(H,16,18);1H. The molecule has 0 atom stereocenters. The van der Waals surface area contributed by atoms with Crippen LogP contribution in [0.15, 0.2) is 4.52 Å². The molecule has 0 saturated heterocycles. The maximum Gasteiger partial charge on any atom is 0.230 e. The molecule has 0 saturated carbocycles. The predicted octanol–water partition coefficient (Wildman–Crippen LogP) is 2.58. The first-order chi connectivity index (χ1) is 9.48. The SMILES string of the molecule is CCC(CC)(CN)NC(=O)CSCc1c(C)noc1C.Cl. The molecule has 0 unspecified atom stereocenters. The first-order valence-corrected chi connectivity index (χ1v) is 8.14. The molecule has 0 aliphatic carbocycles. The molecule has 0 aliphatic rings. The summed E-state index contributed by atoms with van der Waals surface area (Å²) in [7, 11) is 0. The number of halogens is 1. The summed E-state index contributed by atoms with van der Waals surface area (Å²) in [6, 6.07) is 0. The van der Waals surface area contributed by atoms with Crippen molar-refractivity contribution in [1.29, 1.82) is 0 Å². The predicted molar refractivity (Wildman–Crippen MR) is 89.9 cm³/mol. The Hall–Kier alpha value is -0.720. The smallest absolute Gasteiger partial charge is 0.230 e. The van der Waals surface area contributed by atoms with Crippen molar-refractivity contribution in [1.82, 2.24) is 10.5 Å². The largest absolute Gasteiger partial charge is 0.361 e. The Morgan fingerprint density at radius 3 is 2.43 bits per heavy atom. The number of carbonyl (C=O) groups excluding carboxylic acids is 1. The molecule has 7 heteroatoms. The third-order valence-electron chi connectivity index (χ3n) is 3.81. The third kappa shape index (κ3) is 5.52. The lowest BCUT2D eigenvalue weighted by atomic mass is 9.93. The van der Waals surface area contributed by atoms with E-state index in [9.17, 15) is 4.79 Å². The van der Waals surface area contributed by atoms with Gasteiger partial charge >= 0.3 is 0 Å². The van der Waals surface area contributed by atoms with E-state index in [1.54, 1.807) is 11.8 Å². The molecule has 0 spiro atoms. The van der Waals surface area contributed by atoms with Gasteiger partial charge in [0, 0.05) is 17.9 Å². The van der Waals surface area contributed by atoms with Crippen LogP contribution in [-0.4, -0.2) is 28.9 Å². The number of aromatic nitrogens is 1. The van der Waals surface area contributed by atoms with Crippen molar-refractivity contribution in [2.75, 3.05) is 12.3 Å². The molecular formula is C14H26ClN3O2S. The summed E-state index contributed by atoms with van der Waals surface area (Å²) in [5.74, 6) is 2.03. The van der Waals surface area contributed by atoms with E-state index in [-0.39, 0.29) is 23.9 Å². The second kappa shape index (κ2) is 9.33. The van der Waals surface area contributed by atoms with E-state index in [1.165, 1.54) is 0 Å². The Morgan fingerprint density at radius 2 is 2.00 bits per heavy atom. The van der Waals surface area contributed by atoms with Gasteiger partial charge in [0.25, 0.3) is 0 Å². The van der Waals surface area contributed by atoms with Crippen LogP contribution in [0.3, 0.4) is 0 Å². The Bertz CT molecular complexity index is 420. The van der Waals surface area contributed by atoms with E-state index in [0.717, 1.165) is 35.6 Å². The second-order valence-electron chi connectivity index (χ2n) is 5.04. The summed E-state index contributed by atoms with van der Waals surface area (Å²) in [6.45, 7) is 8.38. The monoisotopic (exact) mass is 335 g/mol. The van der Waals surface area contributed by atoms with Crippen molar-refractivity contribution in [3.05, 3.63) is 17.0 Å². The summed E-state index contributed by atoms with van der Waals surface area (Å²) in [4.78, 5) is 12.0. The van der Waals surface area contributed by atoms with Crippen molar-refractivity contribution >= 4 is 30.1 Å². The van der Waals surface area contributed by atoms with Crippen LogP contribution in [0.5, 0.6) is 0 Å². The van der Waals surface area contributed by atoms with Gasteiger partial charge in [-0.1, -0.05) is 19.0 Å². The van der Waals surface area contributed by atoms with Gasteiger partial charge < -0.3 is 15.6 Å². The van der Waals surface area contributed by atoms with Gasteiger partial charge in [0.15, 0.2) is 0 Å². The zero-order chi connectivity index (χ0) is 15.2. The van der Waals surface area contributed by atoms with Gasteiger partial charge in [-0.15, -0.1) is 24.2 Å². The lowest BCUT2D eigenvalue weighted by Crippen LogP contribution is -2.53. The zero-order valence-corrected chi connectivity index (χ0v) is 14.8. The molecular weight excluding hydrogens is 310 g/mol. The van der Waals surface area contributed by atoms with Crippen LogP contribution in [0.2, 0.25) is 0 Å². The van der Waals surface area contributed by atoms with Crippen LogP contribution in [-0.2, 0) is 10.5 Å². The molecule has 0 aromatic carbocycles. The van der Waals surface area contributed by atoms with Gasteiger partial charge in [0.1, 0.15) is 5.76 Å². The molecule has 0 bridgehead atoms. The maximum absolute atomic E-state index is 12.0. The van der Waals surface area contributed by atoms with E-state index in [0.29, 0.717) is 12.3 Å². The Morgan fingerprint density at radius 1 is 1.38 bits per heavy atom. The van der Waals surface area contributed by atoms with Gasteiger partial charge in [0.05, 0.1) is 17.0 Å². The highest BCUT2D eigenvalue weighted by Crippen LogP contribution is 2.20. The lowest BCUT2D eigenvalue weighted by molar-refractivity contribution is -0.120. The Kier molecular flexibility index (Phi) is 9.01. The minimum absolute atomic E-state index is 0. The van der Waals surface area contributed by atoms with Gasteiger partial charge in [-0.2, -0.15) is 0 Å². The summed E-state index contributed by atoms with van der Waals surface area (Å²) >= 11 is 1.57. The number of amides is 1. The first kappa shape index (κ1) is 20.3. The molecule has 1 aromatic rings.